The normalized spacial score (nSPS) is 11.8. The fourth-order valence-corrected chi connectivity index (χ4v) is 3.50. The number of rotatable bonds is 7. The summed E-state index contributed by atoms with van der Waals surface area (Å²) in [7, 11) is 0. The number of aromatic amines is 1. The minimum Gasteiger partial charge on any atom is -0.481 e. The average molecular weight is 421 g/mol. The molecule has 0 spiro atoms. The van der Waals surface area contributed by atoms with Crippen LogP contribution in [0.2, 0.25) is 0 Å². The third-order valence-corrected chi connectivity index (χ3v) is 4.65. The van der Waals surface area contributed by atoms with Crippen molar-refractivity contribution < 1.29 is 19.5 Å². The highest BCUT2D eigenvalue weighted by Gasteiger charge is 2.25. The molecule has 0 saturated heterocycles. The fraction of sp³-hybridized carbons (Fsp3) is 0.316. The van der Waals surface area contributed by atoms with Gasteiger partial charge in [-0.2, -0.15) is 0 Å². The molecular weight excluding hydrogens is 400 g/mol. The first kappa shape index (κ1) is 19.9. The summed E-state index contributed by atoms with van der Waals surface area (Å²) in [4.78, 5) is 38.9. The van der Waals surface area contributed by atoms with Crippen molar-refractivity contribution in [3.05, 3.63) is 56.8 Å². The van der Waals surface area contributed by atoms with Crippen LogP contribution in [0.15, 0.2) is 28.7 Å². The molecule has 26 heavy (non-hydrogen) atoms. The van der Waals surface area contributed by atoms with Gasteiger partial charge in [-0.1, -0.05) is 35.0 Å². The molecule has 3 N–H and O–H groups in total. The van der Waals surface area contributed by atoms with Gasteiger partial charge in [-0.25, -0.2) is 0 Å². The molecule has 0 saturated carbocycles. The number of aryl methyl sites for hydroxylation is 1. The van der Waals surface area contributed by atoms with Crippen LogP contribution < -0.4 is 5.32 Å². The number of carbonyl (C=O) groups is 3. The van der Waals surface area contributed by atoms with Crippen LogP contribution in [0, 0.1) is 6.92 Å². The van der Waals surface area contributed by atoms with Crippen LogP contribution in [0.3, 0.4) is 0 Å². The Morgan fingerprint density at radius 3 is 2.54 bits per heavy atom. The Hall–Kier alpha value is -2.41. The average Bonchev–Trinajstić information content (AvgIpc) is 2.90. The highest BCUT2D eigenvalue weighted by molar-refractivity contribution is 9.10. The van der Waals surface area contributed by atoms with Gasteiger partial charge >= 0.3 is 5.97 Å². The molecule has 7 heteroatoms. The van der Waals surface area contributed by atoms with Crippen molar-refractivity contribution in [3.63, 3.8) is 0 Å². The van der Waals surface area contributed by atoms with Gasteiger partial charge in [0.1, 0.15) is 5.69 Å². The van der Waals surface area contributed by atoms with E-state index >= 15 is 0 Å². The number of aliphatic carboxylic acids is 1. The lowest BCUT2D eigenvalue weighted by Gasteiger charge is -2.18. The van der Waals surface area contributed by atoms with Crippen LogP contribution in [-0.2, 0) is 11.2 Å². The van der Waals surface area contributed by atoms with Gasteiger partial charge in [0.05, 0.1) is 12.5 Å². The molecule has 0 aliphatic carbocycles. The second-order valence-electron chi connectivity index (χ2n) is 6.07. The van der Waals surface area contributed by atoms with Crippen molar-refractivity contribution in [2.45, 2.75) is 39.7 Å². The molecule has 138 valence electrons. The first-order chi connectivity index (χ1) is 12.2. The van der Waals surface area contributed by atoms with Crippen LogP contribution >= 0.6 is 15.9 Å². The lowest BCUT2D eigenvalue weighted by atomic mass is 10.0. The first-order valence-corrected chi connectivity index (χ1v) is 9.04. The molecule has 1 unspecified atom stereocenters. The van der Waals surface area contributed by atoms with Gasteiger partial charge in [-0.3, -0.25) is 14.4 Å². The highest BCUT2D eigenvalue weighted by Crippen LogP contribution is 2.24. The minimum absolute atomic E-state index is 0.108. The van der Waals surface area contributed by atoms with E-state index in [1.54, 1.807) is 25.1 Å². The molecule has 1 aromatic carbocycles. The molecule has 0 aliphatic rings. The molecule has 1 heterocycles. The quantitative estimate of drug-likeness (QED) is 0.593. The topological polar surface area (TPSA) is 99.3 Å². The summed E-state index contributed by atoms with van der Waals surface area (Å²) in [6.07, 6.45) is 0.269. The SMILES string of the molecule is CCc1c(C(=O)NC(CC(=O)O)c2cccc(Br)c2)[nH]c(C)c1C(C)=O. The molecule has 1 atom stereocenters. The molecular formula is C19H21BrN2O4. The zero-order chi connectivity index (χ0) is 19.4. The maximum atomic E-state index is 12.8. The summed E-state index contributed by atoms with van der Waals surface area (Å²) in [5, 5.41) is 12.0. The van der Waals surface area contributed by atoms with Crippen LogP contribution in [0.5, 0.6) is 0 Å². The maximum absolute atomic E-state index is 12.8. The number of carboxylic acid groups (broad SMARTS) is 1. The van der Waals surface area contributed by atoms with Crippen molar-refractivity contribution in [3.8, 4) is 0 Å². The Balaban J connectivity index is 2.37. The maximum Gasteiger partial charge on any atom is 0.305 e. The Morgan fingerprint density at radius 1 is 1.31 bits per heavy atom. The van der Waals surface area contributed by atoms with Crippen molar-refractivity contribution in [1.29, 1.82) is 0 Å². The van der Waals surface area contributed by atoms with Crippen LogP contribution in [-0.4, -0.2) is 27.8 Å². The van der Waals surface area contributed by atoms with Gasteiger partial charge in [0.2, 0.25) is 0 Å². The van der Waals surface area contributed by atoms with E-state index in [9.17, 15) is 19.5 Å². The molecule has 2 aromatic rings. The molecule has 0 bridgehead atoms. The van der Waals surface area contributed by atoms with E-state index in [1.165, 1.54) is 6.92 Å². The number of H-pyrrole nitrogens is 1. The number of benzene rings is 1. The first-order valence-electron chi connectivity index (χ1n) is 8.25. The molecule has 0 radical (unpaired) electrons. The third-order valence-electron chi connectivity index (χ3n) is 4.16. The Kier molecular flexibility index (Phi) is 6.37. The van der Waals surface area contributed by atoms with Crippen LogP contribution in [0.1, 0.15) is 64.0 Å². The van der Waals surface area contributed by atoms with Crippen molar-refractivity contribution in [2.75, 3.05) is 0 Å². The molecule has 2 rings (SSSR count). The predicted octanol–water partition coefficient (Wildman–Crippen LogP) is 3.80. The molecule has 0 fully saturated rings. The summed E-state index contributed by atoms with van der Waals surface area (Å²) in [6.45, 7) is 5.08. The third kappa shape index (κ3) is 4.40. The molecule has 1 amide bonds. The summed E-state index contributed by atoms with van der Waals surface area (Å²) in [6, 6.07) is 6.46. The molecule has 0 aliphatic heterocycles. The van der Waals surface area contributed by atoms with Gasteiger partial charge in [0, 0.05) is 15.7 Å². The smallest absolute Gasteiger partial charge is 0.305 e. The molecule has 6 nitrogen and oxygen atoms in total. The fourth-order valence-electron chi connectivity index (χ4n) is 3.08. The van der Waals surface area contributed by atoms with Gasteiger partial charge < -0.3 is 15.4 Å². The van der Waals surface area contributed by atoms with Crippen molar-refractivity contribution in [2.24, 2.45) is 0 Å². The zero-order valence-corrected chi connectivity index (χ0v) is 16.4. The zero-order valence-electron chi connectivity index (χ0n) is 14.9. The number of ketones is 1. The number of nitrogens with one attached hydrogen (secondary N) is 2. The van der Waals surface area contributed by atoms with E-state index in [2.05, 4.69) is 26.2 Å². The summed E-state index contributed by atoms with van der Waals surface area (Å²) >= 11 is 3.36. The van der Waals surface area contributed by atoms with E-state index in [-0.39, 0.29) is 12.2 Å². The van der Waals surface area contributed by atoms with E-state index in [4.69, 9.17) is 0 Å². The number of aromatic nitrogens is 1. The lowest BCUT2D eigenvalue weighted by molar-refractivity contribution is -0.137. The van der Waals surface area contributed by atoms with Gasteiger partial charge in [-0.15, -0.1) is 0 Å². The lowest BCUT2D eigenvalue weighted by Crippen LogP contribution is -2.31. The van der Waals surface area contributed by atoms with Gasteiger partial charge in [0.25, 0.3) is 5.91 Å². The summed E-state index contributed by atoms with van der Waals surface area (Å²) in [5.74, 6) is -1.55. The predicted molar refractivity (Wildman–Crippen MR) is 102 cm³/mol. The number of amides is 1. The number of carbonyl (C=O) groups excluding carboxylic acids is 2. The Morgan fingerprint density at radius 2 is 2.00 bits per heavy atom. The van der Waals surface area contributed by atoms with Gasteiger partial charge in [0.15, 0.2) is 5.78 Å². The Labute approximate surface area is 160 Å². The second kappa shape index (κ2) is 8.31. The number of halogens is 1. The largest absolute Gasteiger partial charge is 0.481 e. The summed E-state index contributed by atoms with van der Waals surface area (Å²) in [5.41, 5.74) is 2.80. The number of hydrogen-bond acceptors (Lipinski definition) is 3. The monoisotopic (exact) mass is 420 g/mol. The van der Waals surface area contributed by atoms with Crippen molar-refractivity contribution >= 4 is 33.6 Å². The molecule has 1 aromatic heterocycles. The van der Waals surface area contributed by atoms with Crippen molar-refractivity contribution in [1.82, 2.24) is 10.3 Å². The summed E-state index contributed by atoms with van der Waals surface area (Å²) < 4.78 is 0.795. The van der Waals surface area contributed by atoms with Crippen LogP contribution in [0.25, 0.3) is 0 Å². The van der Waals surface area contributed by atoms with E-state index in [0.717, 1.165) is 4.47 Å². The highest BCUT2D eigenvalue weighted by atomic mass is 79.9. The van der Waals surface area contributed by atoms with E-state index in [0.29, 0.717) is 34.5 Å². The minimum atomic E-state index is -1.02. The van der Waals surface area contributed by atoms with E-state index < -0.39 is 17.9 Å². The van der Waals surface area contributed by atoms with E-state index in [1.807, 2.05) is 13.0 Å². The number of Topliss-reactive ketones (excluding diaryl/α,β-unsaturated/α-hetero) is 1. The number of carboxylic acids is 1. The van der Waals surface area contributed by atoms with Crippen LogP contribution in [0.4, 0.5) is 0 Å². The second-order valence-corrected chi connectivity index (χ2v) is 6.98. The van der Waals surface area contributed by atoms with Gasteiger partial charge in [-0.05, 0) is 43.5 Å². The number of hydrogen-bond donors (Lipinski definition) is 3. The Bertz CT molecular complexity index is 857. The standard InChI is InChI=1S/C19H21BrN2O4/c1-4-14-17(11(3)23)10(2)21-18(14)19(26)22-15(9-16(24)25)12-6-5-7-13(20)8-12/h5-8,15,21H,4,9H2,1-3H3,(H,22,26)(H,24,25).